The second-order valence-electron chi connectivity index (χ2n) is 11.4. The topological polar surface area (TPSA) is 143 Å². The molecule has 0 radical (unpaired) electrons. The van der Waals surface area contributed by atoms with Gasteiger partial charge in [-0.25, -0.2) is 4.98 Å². The minimum Gasteiger partial charge on any atom is -0.508 e. The number of aryl methyl sites for hydroxylation is 1. The van der Waals surface area contributed by atoms with E-state index in [-0.39, 0.29) is 17.5 Å². The molecule has 10 nitrogen and oxygen atoms in total. The molecule has 41 heavy (non-hydrogen) atoms. The average Bonchev–Trinajstić information content (AvgIpc) is 3.65. The number of anilines is 1. The lowest BCUT2D eigenvalue weighted by atomic mass is 9.90. The van der Waals surface area contributed by atoms with E-state index in [2.05, 4.69) is 15.6 Å². The Kier molecular flexibility index (Phi) is 9.12. The largest absolute Gasteiger partial charge is 0.508 e. The van der Waals surface area contributed by atoms with Crippen LogP contribution in [0.5, 0.6) is 5.75 Å². The molecule has 1 unspecified atom stereocenters. The summed E-state index contributed by atoms with van der Waals surface area (Å²) in [5.74, 6) is -0.586. The number of phenols is 1. The SMILES string of the molecule is CC(C)(N)C(=O)N[C@H](CCCc1ccccc1)C(=O)Nc1cn(C(C)(C(=O)N2CCCC2)c2ccc(O)cc2)cn1. The van der Waals surface area contributed by atoms with Gasteiger partial charge in [0.2, 0.25) is 11.8 Å². The Hall–Kier alpha value is -4.18. The molecule has 0 saturated carbocycles. The van der Waals surface area contributed by atoms with Crippen LogP contribution in [0.25, 0.3) is 0 Å². The van der Waals surface area contributed by atoms with E-state index in [1.54, 1.807) is 48.9 Å². The predicted molar refractivity (Wildman–Crippen MR) is 157 cm³/mol. The van der Waals surface area contributed by atoms with E-state index in [4.69, 9.17) is 5.73 Å². The number of nitrogens with one attached hydrogen (secondary N) is 2. The molecule has 0 aliphatic carbocycles. The molecule has 10 heteroatoms. The number of nitrogens with zero attached hydrogens (tertiary/aromatic N) is 3. The molecular formula is C31H40N6O4. The molecule has 2 atom stereocenters. The summed E-state index contributed by atoms with van der Waals surface area (Å²) in [4.78, 5) is 46.1. The third kappa shape index (κ3) is 7.13. The molecule has 4 rings (SSSR count). The molecular weight excluding hydrogens is 520 g/mol. The van der Waals surface area contributed by atoms with Gasteiger partial charge in [-0.3, -0.25) is 14.4 Å². The number of benzene rings is 2. The Balaban J connectivity index is 1.54. The number of nitrogens with two attached hydrogens (primary N) is 1. The van der Waals surface area contributed by atoms with E-state index >= 15 is 0 Å². The fourth-order valence-electron chi connectivity index (χ4n) is 5.01. The van der Waals surface area contributed by atoms with Gasteiger partial charge < -0.3 is 30.9 Å². The Labute approximate surface area is 240 Å². The second kappa shape index (κ2) is 12.6. The molecule has 1 fully saturated rings. The summed E-state index contributed by atoms with van der Waals surface area (Å²) in [6.45, 7) is 6.33. The molecule has 2 heterocycles. The first-order valence-electron chi connectivity index (χ1n) is 14.1. The number of hydrogen-bond acceptors (Lipinski definition) is 6. The summed E-state index contributed by atoms with van der Waals surface area (Å²) in [7, 11) is 0. The summed E-state index contributed by atoms with van der Waals surface area (Å²) >= 11 is 0. The zero-order valence-corrected chi connectivity index (χ0v) is 24.0. The number of phenolic OH excluding ortho intramolecular Hbond substituents is 1. The van der Waals surface area contributed by atoms with Crippen molar-refractivity contribution in [1.82, 2.24) is 19.8 Å². The fourth-order valence-corrected chi connectivity index (χ4v) is 5.01. The smallest absolute Gasteiger partial charge is 0.253 e. The molecule has 3 amide bonds. The van der Waals surface area contributed by atoms with Crippen LogP contribution in [-0.2, 0) is 26.3 Å². The van der Waals surface area contributed by atoms with Gasteiger partial charge in [0.05, 0.1) is 11.9 Å². The van der Waals surface area contributed by atoms with Crippen LogP contribution in [0.15, 0.2) is 67.1 Å². The van der Waals surface area contributed by atoms with Crippen molar-refractivity contribution in [2.45, 2.75) is 70.0 Å². The van der Waals surface area contributed by atoms with E-state index in [1.807, 2.05) is 42.2 Å². The van der Waals surface area contributed by atoms with Crippen molar-refractivity contribution in [3.05, 3.63) is 78.2 Å². The third-order valence-corrected chi connectivity index (χ3v) is 7.60. The quantitative estimate of drug-likeness (QED) is 0.284. The minimum atomic E-state index is -1.15. The van der Waals surface area contributed by atoms with Crippen LogP contribution in [0.4, 0.5) is 5.82 Å². The average molecular weight is 561 g/mol. The third-order valence-electron chi connectivity index (χ3n) is 7.60. The van der Waals surface area contributed by atoms with Crippen molar-refractivity contribution < 1.29 is 19.5 Å². The van der Waals surface area contributed by atoms with Gasteiger partial charge in [0.1, 0.15) is 17.3 Å². The molecule has 1 aromatic heterocycles. The van der Waals surface area contributed by atoms with Crippen LogP contribution in [-0.4, -0.2) is 61.9 Å². The van der Waals surface area contributed by atoms with Gasteiger partial charge in [-0.1, -0.05) is 42.5 Å². The van der Waals surface area contributed by atoms with Crippen LogP contribution < -0.4 is 16.4 Å². The van der Waals surface area contributed by atoms with Crippen molar-refractivity contribution in [3.63, 3.8) is 0 Å². The number of likely N-dealkylation sites (tertiary alicyclic amines) is 1. The Morgan fingerprint density at radius 1 is 1.02 bits per heavy atom. The summed E-state index contributed by atoms with van der Waals surface area (Å²) < 4.78 is 1.68. The minimum absolute atomic E-state index is 0.0906. The highest BCUT2D eigenvalue weighted by Gasteiger charge is 2.41. The molecule has 2 aromatic carbocycles. The van der Waals surface area contributed by atoms with Gasteiger partial charge in [0.25, 0.3) is 5.91 Å². The molecule has 1 aliphatic heterocycles. The maximum Gasteiger partial charge on any atom is 0.253 e. The van der Waals surface area contributed by atoms with Crippen LogP contribution in [0, 0.1) is 0 Å². The van der Waals surface area contributed by atoms with Gasteiger partial charge in [-0.2, -0.15) is 0 Å². The van der Waals surface area contributed by atoms with E-state index in [1.165, 1.54) is 6.33 Å². The first kappa shape index (κ1) is 29.8. The molecule has 0 bridgehead atoms. The first-order valence-corrected chi connectivity index (χ1v) is 14.1. The number of rotatable bonds is 11. The fraction of sp³-hybridized carbons (Fsp3) is 0.419. The molecule has 3 aromatic rings. The maximum absolute atomic E-state index is 13.8. The number of imidazole rings is 1. The van der Waals surface area contributed by atoms with Gasteiger partial charge in [-0.15, -0.1) is 0 Å². The van der Waals surface area contributed by atoms with Crippen molar-refractivity contribution in [2.24, 2.45) is 5.73 Å². The van der Waals surface area contributed by atoms with Crippen LogP contribution in [0.1, 0.15) is 57.6 Å². The highest BCUT2D eigenvalue weighted by atomic mass is 16.3. The Bertz CT molecular complexity index is 1340. The van der Waals surface area contributed by atoms with Gasteiger partial charge >= 0.3 is 0 Å². The first-order chi connectivity index (χ1) is 19.5. The second-order valence-corrected chi connectivity index (χ2v) is 11.4. The normalized spacial score (nSPS) is 15.7. The monoisotopic (exact) mass is 560 g/mol. The summed E-state index contributed by atoms with van der Waals surface area (Å²) in [5.41, 5.74) is 5.51. The van der Waals surface area contributed by atoms with Gasteiger partial charge in [0, 0.05) is 19.3 Å². The van der Waals surface area contributed by atoms with Crippen molar-refractivity contribution in [1.29, 1.82) is 0 Å². The number of amides is 3. The summed E-state index contributed by atoms with van der Waals surface area (Å²) in [5, 5.41) is 15.4. The number of hydrogen-bond donors (Lipinski definition) is 4. The van der Waals surface area contributed by atoms with E-state index in [9.17, 15) is 19.5 Å². The van der Waals surface area contributed by atoms with E-state index in [0.29, 0.717) is 31.5 Å². The predicted octanol–water partition coefficient (Wildman–Crippen LogP) is 3.16. The standard InChI is InChI=1S/C31H40N6O4/c1-30(2,32)28(40)34-25(13-9-12-22-10-5-4-6-11-22)27(39)35-26-20-37(21-33-26)31(3,23-14-16-24(38)17-15-23)29(41)36-18-7-8-19-36/h4-6,10-11,14-17,20-21,25,38H,7-9,12-13,18-19,32H2,1-3H3,(H,34,40)(H,35,39)/t25-,31?/m1/s1. The maximum atomic E-state index is 13.8. The van der Waals surface area contributed by atoms with E-state index < -0.39 is 28.9 Å². The lowest BCUT2D eigenvalue weighted by Gasteiger charge is -2.34. The highest BCUT2D eigenvalue weighted by molar-refractivity contribution is 5.98. The van der Waals surface area contributed by atoms with Gasteiger partial charge in [0.15, 0.2) is 5.82 Å². The molecule has 5 N–H and O–H groups in total. The molecule has 1 aliphatic rings. The zero-order chi connectivity index (χ0) is 29.6. The molecule has 218 valence electrons. The summed E-state index contributed by atoms with van der Waals surface area (Å²) in [6.07, 6.45) is 6.86. The zero-order valence-electron chi connectivity index (χ0n) is 24.0. The number of carbonyl (C=O) groups excluding carboxylic acids is 3. The van der Waals surface area contributed by atoms with E-state index in [0.717, 1.165) is 24.8 Å². The van der Waals surface area contributed by atoms with Crippen molar-refractivity contribution in [2.75, 3.05) is 18.4 Å². The number of carbonyl (C=O) groups is 3. The highest BCUT2D eigenvalue weighted by Crippen LogP contribution is 2.32. The van der Waals surface area contributed by atoms with Crippen LogP contribution in [0.2, 0.25) is 0 Å². The Morgan fingerprint density at radius 3 is 2.32 bits per heavy atom. The molecule has 1 saturated heterocycles. The summed E-state index contributed by atoms with van der Waals surface area (Å²) in [6, 6.07) is 15.6. The van der Waals surface area contributed by atoms with Crippen LogP contribution in [0.3, 0.4) is 0 Å². The molecule has 0 spiro atoms. The number of aromatic hydroxyl groups is 1. The lowest BCUT2D eigenvalue weighted by Crippen LogP contribution is -2.54. The van der Waals surface area contributed by atoms with Crippen molar-refractivity contribution >= 4 is 23.5 Å². The van der Waals surface area contributed by atoms with Crippen molar-refractivity contribution in [3.8, 4) is 5.75 Å². The van der Waals surface area contributed by atoms with Gasteiger partial charge in [-0.05, 0) is 76.1 Å². The number of aromatic nitrogens is 2. The lowest BCUT2D eigenvalue weighted by molar-refractivity contribution is -0.137. The Morgan fingerprint density at radius 2 is 1.68 bits per heavy atom. The van der Waals surface area contributed by atoms with Crippen LogP contribution >= 0.6 is 0 Å².